The predicted molar refractivity (Wildman–Crippen MR) is 143 cm³/mol. The standard InChI is InChI=1S/C29H30O14/c1-39-21-7-13(3-5-17(21)33)28(38)43-27-25(37)24(36)23(11-30)42-29(27)41-22-10-15-18(34)8-14(31)9-20(15)40-26(22)12-2-4-16(32)19(35)6-12/h2-9,22-27,29-37H,10-11H2,1H3/t22-,23-,24-,25-,26-,27-,29-/m1/s1. The number of carbonyl (C=O) groups is 1. The van der Waals surface area contributed by atoms with E-state index < -0.39 is 67.0 Å². The summed E-state index contributed by atoms with van der Waals surface area (Å²) in [5.41, 5.74) is 0.465. The van der Waals surface area contributed by atoms with Gasteiger partial charge in [-0.05, 0) is 35.9 Å². The van der Waals surface area contributed by atoms with Crippen LogP contribution in [-0.2, 0) is 20.6 Å². The Balaban J connectivity index is 1.49. The Morgan fingerprint density at radius 2 is 1.65 bits per heavy atom. The summed E-state index contributed by atoms with van der Waals surface area (Å²) in [6.07, 6.45) is -10.3. The van der Waals surface area contributed by atoms with Crippen LogP contribution in [0.15, 0.2) is 48.5 Å². The monoisotopic (exact) mass is 602 g/mol. The number of fused-ring (bicyclic) bond motifs is 1. The van der Waals surface area contributed by atoms with Crippen molar-refractivity contribution in [3.8, 4) is 40.2 Å². The molecular weight excluding hydrogens is 572 g/mol. The molecule has 0 aromatic heterocycles. The van der Waals surface area contributed by atoms with Gasteiger partial charge in [-0.1, -0.05) is 6.07 Å². The minimum absolute atomic E-state index is 0.0214. The summed E-state index contributed by atoms with van der Waals surface area (Å²) in [5.74, 6) is -2.60. The van der Waals surface area contributed by atoms with Crippen LogP contribution in [0.25, 0.3) is 0 Å². The van der Waals surface area contributed by atoms with Gasteiger partial charge in [0.15, 0.2) is 41.5 Å². The molecule has 0 amide bonds. The van der Waals surface area contributed by atoms with Crippen LogP contribution in [-0.4, -0.2) is 97.3 Å². The number of aliphatic hydroxyl groups is 3. The van der Waals surface area contributed by atoms with Crippen LogP contribution in [0.3, 0.4) is 0 Å². The molecule has 2 aliphatic rings. The Labute approximate surface area is 244 Å². The van der Waals surface area contributed by atoms with E-state index in [-0.39, 0.29) is 46.3 Å². The van der Waals surface area contributed by atoms with Crippen molar-refractivity contribution in [2.75, 3.05) is 13.7 Å². The molecule has 230 valence electrons. The lowest BCUT2D eigenvalue weighted by atomic mass is 9.93. The summed E-state index contributed by atoms with van der Waals surface area (Å²) in [6, 6.07) is 9.90. The third-order valence-corrected chi connectivity index (χ3v) is 7.29. The number of aromatic hydroxyl groups is 5. The highest BCUT2D eigenvalue weighted by Crippen LogP contribution is 2.44. The van der Waals surface area contributed by atoms with Crippen molar-refractivity contribution in [1.29, 1.82) is 0 Å². The van der Waals surface area contributed by atoms with E-state index in [0.717, 1.165) is 6.07 Å². The number of esters is 1. The molecule has 1 fully saturated rings. The van der Waals surface area contributed by atoms with Crippen LogP contribution < -0.4 is 9.47 Å². The second kappa shape index (κ2) is 12.0. The Morgan fingerprint density at radius 3 is 2.35 bits per heavy atom. The fourth-order valence-electron chi connectivity index (χ4n) is 5.03. The minimum atomic E-state index is -1.79. The van der Waals surface area contributed by atoms with Gasteiger partial charge in [-0.25, -0.2) is 4.79 Å². The summed E-state index contributed by atoms with van der Waals surface area (Å²) in [4.78, 5) is 13.1. The average Bonchev–Trinajstić information content (AvgIpc) is 2.98. The number of hydrogen-bond acceptors (Lipinski definition) is 14. The third kappa shape index (κ3) is 5.91. The molecule has 1 saturated heterocycles. The van der Waals surface area contributed by atoms with Crippen molar-refractivity contribution in [2.24, 2.45) is 0 Å². The van der Waals surface area contributed by atoms with Gasteiger partial charge in [-0.15, -0.1) is 0 Å². The van der Waals surface area contributed by atoms with Crippen molar-refractivity contribution in [3.05, 3.63) is 65.2 Å². The van der Waals surface area contributed by atoms with E-state index in [1.165, 1.54) is 49.6 Å². The fraction of sp³-hybridized carbons (Fsp3) is 0.345. The zero-order chi connectivity index (χ0) is 31.0. The molecule has 2 aliphatic heterocycles. The van der Waals surface area contributed by atoms with Gasteiger partial charge in [0.05, 0.1) is 19.3 Å². The Hall–Kier alpha value is -4.47. The summed E-state index contributed by atoms with van der Waals surface area (Å²) in [5, 5.41) is 81.6. The van der Waals surface area contributed by atoms with E-state index in [2.05, 4.69) is 0 Å². The molecule has 0 bridgehead atoms. The molecule has 7 atom stereocenters. The van der Waals surface area contributed by atoms with E-state index >= 15 is 0 Å². The lowest BCUT2D eigenvalue weighted by Crippen LogP contribution is -2.61. The first-order valence-electron chi connectivity index (χ1n) is 13.1. The molecule has 14 heteroatoms. The Morgan fingerprint density at radius 1 is 0.907 bits per heavy atom. The van der Waals surface area contributed by atoms with Crippen LogP contribution >= 0.6 is 0 Å². The molecule has 0 saturated carbocycles. The van der Waals surface area contributed by atoms with Gasteiger partial charge in [0.25, 0.3) is 0 Å². The molecule has 2 heterocycles. The van der Waals surface area contributed by atoms with Crippen molar-refractivity contribution >= 4 is 5.97 Å². The van der Waals surface area contributed by atoms with Gasteiger partial charge in [0.2, 0.25) is 0 Å². The normalized spacial score (nSPS) is 26.7. The van der Waals surface area contributed by atoms with E-state index in [9.17, 15) is 45.6 Å². The Kier molecular flexibility index (Phi) is 8.39. The van der Waals surface area contributed by atoms with Crippen molar-refractivity contribution < 1.29 is 69.3 Å². The zero-order valence-corrected chi connectivity index (χ0v) is 22.6. The fourth-order valence-corrected chi connectivity index (χ4v) is 5.03. The minimum Gasteiger partial charge on any atom is -0.508 e. The van der Waals surface area contributed by atoms with Crippen LogP contribution in [0.4, 0.5) is 0 Å². The summed E-state index contributed by atoms with van der Waals surface area (Å²) >= 11 is 0. The predicted octanol–water partition coefficient (Wildman–Crippen LogP) is 0.949. The smallest absolute Gasteiger partial charge is 0.338 e. The molecule has 0 aliphatic carbocycles. The van der Waals surface area contributed by atoms with E-state index in [1.54, 1.807) is 0 Å². The third-order valence-electron chi connectivity index (χ3n) is 7.29. The largest absolute Gasteiger partial charge is 0.508 e. The van der Waals surface area contributed by atoms with Crippen molar-refractivity contribution in [1.82, 2.24) is 0 Å². The number of ether oxygens (including phenoxy) is 5. The molecule has 8 N–H and O–H groups in total. The van der Waals surface area contributed by atoms with Crippen LogP contribution in [0, 0.1) is 0 Å². The van der Waals surface area contributed by atoms with Crippen molar-refractivity contribution in [2.45, 2.75) is 49.3 Å². The van der Waals surface area contributed by atoms with Gasteiger partial charge in [-0.2, -0.15) is 0 Å². The first-order chi connectivity index (χ1) is 20.5. The van der Waals surface area contributed by atoms with Gasteiger partial charge in [0, 0.05) is 24.1 Å². The molecule has 0 unspecified atom stereocenters. The average molecular weight is 603 g/mol. The molecule has 14 nitrogen and oxygen atoms in total. The number of aliphatic hydroxyl groups excluding tert-OH is 3. The number of benzene rings is 3. The second-order valence-corrected chi connectivity index (χ2v) is 10.1. The maximum atomic E-state index is 13.1. The highest BCUT2D eigenvalue weighted by molar-refractivity contribution is 5.90. The maximum Gasteiger partial charge on any atom is 0.338 e. The van der Waals surface area contributed by atoms with Gasteiger partial charge < -0.3 is 64.5 Å². The molecule has 3 aromatic rings. The van der Waals surface area contributed by atoms with E-state index in [0.29, 0.717) is 5.56 Å². The number of hydrogen-bond donors (Lipinski definition) is 8. The molecule has 3 aromatic carbocycles. The molecule has 0 spiro atoms. The number of carbonyl (C=O) groups excluding carboxylic acids is 1. The summed E-state index contributed by atoms with van der Waals surface area (Å²) < 4.78 is 28.5. The number of phenolic OH excluding ortho intramolecular Hbond substituents is 5. The van der Waals surface area contributed by atoms with Gasteiger partial charge >= 0.3 is 5.97 Å². The lowest BCUT2D eigenvalue weighted by Gasteiger charge is -2.44. The van der Waals surface area contributed by atoms with Crippen LogP contribution in [0.1, 0.15) is 27.6 Å². The maximum absolute atomic E-state index is 13.1. The van der Waals surface area contributed by atoms with Crippen molar-refractivity contribution in [3.63, 3.8) is 0 Å². The molecule has 5 rings (SSSR count). The lowest BCUT2D eigenvalue weighted by molar-refractivity contribution is -0.316. The summed E-state index contributed by atoms with van der Waals surface area (Å²) in [6.45, 7) is -0.729. The Bertz CT molecular complexity index is 1490. The van der Waals surface area contributed by atoms with E-state index in [4.69, 9.17) is 23.7 Å². The first kappa shape index (κ1) is 30.0. The van der Waals surface area contributed by atoms with Crippen LogP contribution in [0.5, 0.6) is 40.2 Å². The zero-order valence-electron chi connectivity index (χ0n) is 22.6. The highest BCUT2D eigenvalue weighted by Gasteiger charge is 2.49. The number of rotatable bonds is 7. The van der Waals surface area contributed by atoms with Crippen LogP contribution in [0.2, 0.25) is 0 Å². The second-order valence-electron chi connectivity index (χ2n) is 10.1. The highest BCUT2D eigenvalue weighted by atomic mass is 16.7. The topological polar surface area (TPSA) is 225 Å². The van der Waals surface area contributed by atoms with Gasteiger partial charge in [-0.3, -0.25) is 0 Å². The SMILES string of the molecule is COc1cc(C(=O)O[C@H]2[C@H](O[C@@H]3Cc4c(O)cc(O)cc4O[C@@H]3c3ccc(O)c(O)c3)O[C@H](CO)[C@@H](O)[C@H]2O)ccc1O. The molecule has 43 heavy (non-hydrogen) atoms. The number of phenols is 5. The first-order valence-corrected chi connectivity index (χ1v) is 13.1. The van der Waals surface area contributed by atoms with E-state index in [1.807, 2.05) is 0 Å². The van der Waals surface area contributed by atoms with Gasteiger partial charge in [0.1, 0.15) is 41.7 Å². The molecular formula is C29H30O14. The quantitative estimate of drug-likeness (QED) is 0.139. The summed E-state index contributed by atoms with van der Waals surface area (Å²) in [7, 11) is 1.28. The molecule has 0 radical (unpaired) electrons. The number of methoxy groups -OCH3 is 1.